The van der Waals surface area contributed by atoms with Crippen molar-refractivity contribution < 1.29 is 19.1 Å². The van der Waals surface area contributed by atoms with Gasteiger partial charge < -0.3 is 10.0 Å². The topological polar surface area (TPSA) is 70.5 Å². The van der Waals surface area contributed by atoms with Crippen molar-refractivity contribution in [3.63, 3.8) is 0 Å². The van der Waals surface area contributed by atoms with E-state index in [1.54, 1.807) is 23.2 Å². The normalized spacial score (nSPS) is 16.8. The zero-order valence-corrected chi connectivity index (χ0v) is 14.1. The molecule has 25 heavy (non-hydrogen) atoms. The van der Waals surface area contributed by atoms with E-state index in [0.29, 0.717) is 48.8 Å². The minimum Gasteiger partial charge on any atom is -0.481 e. The summed E-state index contributed by atoms with van der Waals surface area (Å²) in [5.74, 6) is -1.57. The third-order valence-corrected chi connectivity index (χ3v) is 5.09. The number of aliphatic carboxylic acids is 1. The second-order valence-corrected chi connectivity index (χ2v) is 6.50. The summed E-state index contributed by atoms with van der Waals surface area (Å²) in [5.41, 5.74) is 1.02. The molecule has 1 aromatic heterocycles. The molecule has 5 nitrogen and oxygen atoms in total. The van der Waals surface area contributed by atoms with Gasteiger partial charge in [-0.15, -0.1) is 0 Å². The molecule has 0 saturated carbocycles. The fraction of sp³-hybridized carbons (Fsp3) is 0.421. The first-order chi connectivity index (χ1) is 12.0. The van der Waals surface area contributed by atoms with Crippen molar-refractivity contribution in [2.45, 2.75) is 26.2 Å². The summed E-state index contributed by atoms with van der Waals surface area (Å²) in [4.78, 5) is 30.1. The molecule has 1 atom stereocenters. The number of amides is 1. The maximum atomic E-state index is 13.6. The number of likely N-dealkylation sites (tertiary alicyclic amines) is 1. The second-order valence-electron chi connectivity index (χ2n) is 6.50. The van der Waals surface area contributed by atoms with E-state index in [-0.39, 0.29) is 17.7 Å². The molecule has 2 heterocycles. The molecule has 1 aromatic carbocycles. The number of carbonyl (C=O) groups excluding carboxylic acids is 1. The molecule has 3 rings (SSSR count). The van der Waals surface area contributed by atoms with E-state index in [1.165, 1.54) is 12.1 Å². The van der Waals surface area contributed by atoms with Gasteiger partial charge in [0.15, 0.2) is 0 Å². The molecular formula is C19H21FN2O3. The number of nitrogens with zero attached hydrogens (tertiary/aromatic N) is 2. The summed E-state index contributed by atoms with van der Waals surface area (Å²) in [7, 11) is 0. The fourth-order valence-corrected chi connectivity index (χ4v) is 3.69. The monoisotopic (exact) mass is 344 g/mol. The van der Waals surface area contributed by atoms with Gasteiger partial charge in [0.05, 0.1) is 17.0 Å². The van der Waals surface area contributed by atoms with Gasteiger partial charge in [-0.05, 0) is 49.4 Å². The van der Waals surface area contributed by atoms with E-state index in [0.717, 1.165) is 0 Å². The van der Waals surface area contributed by atoms with Crippen molar-refractivity contribution in [1.29, 1.82) is 0 Å². The highest BCUT2D eigenvalue weighted by atomic mass is 19.1. The second kappa shape index (κ2) is 7.17. The third kappa shape index (κ3) is 3.48. The zero-order valence-electron chi connectivity index (χ0n) is 14.1. The van der Waals surface area contributed by atoms with Gasteiger partial charge in [0.2, 0.25) is 0 Å². The lowest BCUT2D eigenvalue weighted by Gasteiger charge is -2.34. The Balaban J connectivity index is 1.77. The number of carboxylic acids is 1. The van der Waals surface area contributed by atoms with Crippen LogP contribution in [-0.2, 0) is 4.79 Å². The lowest BCUT2D eigenvalue weighted by molar-refractivity contribution is -0.144. The van der Waals surface area contributed by atoms with Crippen LogP contribution in [0.5, 0.6) is 0 Å². The Labute approximate surface area is 145 Å². The molecule has 1 amide bonds. The number of carboxylic acid groups (broad SMARTS) is 1. The Morgan fingerprint density at radius 1 is 1.32 bits per heavy atom. The highest BCUT2D eigenvalue weighted by Crippen LogP contribution is 2.29. The molecule has 132 valence electrons. The molecule has 0 radical (unpaired) electrons. The van der Waals surface area contributed by atoms with E-state index in [2.05, 4.69) is 4.98 Å². The number of piperidine rings is 1. The fourth-order valence-electron chi connectivity index (χ4n) is 3.69. The van der Waals surface area contributed by atoms with Crippen molar-refractivity contribution >= 4 is 22.8 Å². The molecule has 6 heteroatoms. The van der Waals surface area contributed by atoms with Gasteiger partial charge in [-0.1, -0.05) is 6.92 Å². The minimum absolute atomic E-state index is 0.0955. The molecule has 1 N–H and O–H groups in total. The Morgan fingerprint density at radius 3 is 2.68 bits per heavy atom. The maximum Gasteiger partial charge on any atom is 0.306 e. The summed E-state index contributed by atoms with van der Waals surface area (Å²) < 4.78 is 13.6. The summed E-state index contributed by atoms with van der Waals surface area (Å²) in [5, 5.41) is 9.81. The van der Waals surface area contributed by atoms with Crippen LogP contribution in [0.3, 0.4) is 0 Å². The molecule has 0 aliphatic carbocycles. The van der Waals surface area contributed by atoms with Crippen LogP contribution >= 0.6 is 0 Å². The lowest BCUT2D eigenvalue weighted by atomic mass is 9.82. The number of benzene rings is 1. The standard InChI is InChI=1S/C19H21FN2O3/c1-2-14(19(24)25)12-6-9-22(10-7-12)18(23)15-5-8-21-17-4-3-13(20)11-16(15)17/h3-5,8,11-12,14H,2,6-7,9-10H2,1H3,(H,24,25). The van der Waals surface area contributed by atoms with Gasteiger partial charge in [0.1, 0.15) is 5.82 Å². The summed E-state index contributed by atoms with van der Waals surface area (Å²) >= 11 is 0. The molecule has 1 aliphatic heterocycles. The molecular weight excluding hydrogens is 323 g/mol. The number of carbonyl (C=O) groups is 2. The number of aromatic nitrogens is 1. The number of hydrogen-bond donors (Lipinski definition) is 1. The zero-order chi connectivity index (χ0) is 18.0. The third-order valence-electron chi connectivity index (χ3n) is 5.09. The Kier molecular flexibility index (Phi) is 4.97. The number of pyridine rings is 1. The quantitative estimate of drug-likeness (QED) is 0.923. The van der Waals surface area contributed by atoms with E-state index >= 15 is 0 Å². The SMILES string of the molecule is CCC(C(=O)O)C1CCN(C(=O)c2ccnc3ccc(F)cc23)CC1. The first-order valence-electron chi connectivity index (χ1n) is 8.57. The smallest absolute Gasteiger partial charge is 0.306 e. The van der Waals surface area contributed by atoms with Crippen molar-refractivity contribution in [2.75, 3.05) is 13.1 Å². The number of rotatable bonds is 4. The predicted octanol–water partition coefficient (Wildman–Crippen LogP) is 3.34. The summed E-state index contributed by atoms with van der Waals surface area (Å²) in [6.07, 6.45) is 3.50. The van der Waals surface area contributed by atoms with Crippen LogP contribution in [0.25, 0.3) is 10.9 Å². The van der Waals surface area contributed by atoms with Crippen molar-refractivity contribution in [3.05, 3.63) is 41.8 Å². The first-order valence-corrected chi connectivity index (χ1v) is 8.57. The first kappa shape index (κ1) is 17.3. The van der Waals surface area contributed by atoms with Gasteiger partial charge in [0, 0.05) is 24.7 Å². The van der Waals surface area contributed by atoms with E-state index in [9.17, 15) is 19.1 Å². The van der Waals surface area contributed by atoms with Crippen LogP contribution in [0.1, 0.15) is 36.5 Å². The van der Waals surface area contributed by atoms with Crippen molar-refractivity contribution in [2.24, 2.45) is 11.8 Å². The van der Waals surface area contributed by atoms with Crippen LogP contribution in [0, 0.1) is 17.7 Å². The van der Waals surface area contributed by atoms with Crippen LogP contribution in [0.2, 0.25) is 0 Å². The summed E-state index contributed by atoms with van der Waals surface area (Å²) in [6.45, 7) is 2.92. The highest BCUT2D eigenvalue weighted by Gasteiger charge is 2.32. The lowest BCUT2D eigenvalue weighted by Crippen LogP contribution is -2.41. The van der Waals surface area contributed by atoms with Crippen molar-refractivity contribution in [1.82, 2.24) is 9.88 Å². The molecule has 1 fully saturated rings. The van der Waals surface area contributed by atoms with E-state index < -0.39 is 11.8 Å². The van der Waals surface area contributed by atoms with Crippen LogP contribution < -0.4 is 0 Å². The van der Waals surface area contributed by atoms with Crippen molar-refractivity contribution in [3.8, 4) is 0 Å². The predicted molar refractivity (Wildman–Crippen MR) is 91.7 cm³/mol. The minimum atomic E-state index is -0.761. The van der Waals surface area contributed by atoms with E-state index in [1.807, 2.05) is 6.92 Å². The van der Waals surface area contributed by atoms with Gasteiger partial charge in [-0.25, -0.2) is 4.39 Å². The number of fused-ring (bicyclic) bond motifs is 1. The molecule has 1 saturated heterocycles. The molecule has 2 aromatic rings. The average molecular weight is 344 g/mol. The molecule has 1 unspecified atom stereocenters. The molecule has 1 aliphatic rings. The van der Waals surface area contributed by atoms with Gasteiger partial charge in [-0.2, -0.15) is 0 Å². The molecule has 0 spiro atoms. The Bertz CT molecular complexity index is 800. The highest BCUT2D eigenvalue weighted by molar-refractivity contribution is 6.06. The summed E-state index contributed by atoms with van der Waals surface area (Å²) in [6, 6.07) is 5.83. The van der Waals surface area contributed by atoms with Crippen LogP contribution in [0.4, 0.5) is 4.39 Å². The van der Waals surface area contributed by atoms with Crippen LogP contribution in [-0.4, -0.2) is 40.0 Å². The number of hydrogen-bond acceptors (Lipinski definition) is 3. The Hall–Kier alpha value is -2.50. The van der Waals surface area contributed by atoms with Gasteiger partial charge in [0.25, 0.3) is 5.91 Å². The van der Waals surface area contributed by atoms with E-state index in [4.69, 9.17) is 0 Å². The Morgan fingerprint density at radius 2 is 2.04 bits per heavy atom. The van der Waals surface area contributed by atoms with Gasteiger partial charge in [-0.3, -0.25) is 14.6 Å². The average Bonchev–Trinajstić information content (AvgIpc) is 2.61. The maximum absolute atomic E-state index is 13.6. The molecule has 0 bridgehead atoms. The largest absolute Gasteiger partial charge is 0.481 e. The van der Waals surface area contributed by atoms with Gasteiger partial charge >= 0.3 is 5.97 Å². The van der Waals surface area contributed by atoms with Crippen LogP contribution in [0.15, 0.2) is 30.5 Å². The number of halogens is 1.